The summed E-state index contributed by atoms with van der Waals surface area (Å²) in [7, 11) is -3.03. The molecule has 0 fully saturated rings. The van der Waals surface area contributed by atoms with E-state index in [1.807, 2.05) is 19.1 Å². The maximum atomic E-state index is 11.6. The molecular formula is C11H18ClNO2S2. The predicted molar refractivity (Wildman–Crippen MR) is 74.8 cm³/mol. The second-order valence-electron chi connectivity index (χ2n) is 4.11. The van der Waals surface area contributed by atoms with Gasteiger partial charge in [-0.25, -0.2) is 8.42 Å². The fourth-order valence-corrected chi connectivity index (χ4v) is 3.58. The van der Waals surface area contributed by atoms with Crippen LogP contribution in [-0.2, 0) is 16.3 Å². The van der Waals surface area contributed by atoms with Gasteiger partial charge in [-0.05, 0) is 32.0 Å². The van der Waals surface area contributed by atoms with Crippen LogP contribution in [0.5, 0.6) is 0 Å². The molecule has 98 valence electrons. The van der Waals surface area contributed by atoms with Crippen molar-refractivity contribution >= 4 is 32.8 Å². The van der Waals surface area contributed by atoms with Crippen LogP contribution >= 0.6 is 22.9 Å². The van der Waals surface area contributed by atoms with Crippen LogP contribution in [0.15, 0.2) is 12.1 Å². The zero-order valence-electron chi connectivity index (χ0n) is 10.2. The van der Waals surface area contributed by atoms with Gasteiger partial charge in [0.05, 0.1) is 9.59 Å². The molecule has 0 aliphatic rings. The third-order valence-electron chi connectivity index (χ3n) is 2.76. The molecule has 0 aromatic carbocycles. The molecule has 1 heterocycles. The van der Waals surface area contributed by atoms with Crippen LogP contribution in [0.2, 0.25) is 4.34 Å². The molecule has 0 aliphatic carbocycles. The largest absolute Gasteiger partial charge is 0.313 e. The second kappa shape index (κ2) is 6.18. The minimum absolute atomic E-state index is 0.0651. The molecule has 0 saturated heterocycles. The topological polar surface area (TPSA) is 46.2 Å². The fourth-order valence-electron chi connectivity index (χ4n) is 1.64. The quantitative estimate of drug-likeness (QED) is 0.876. The van der Waals surface area contributed by atoms with Gasteiger partial charge >= 0.3 is 0 Å². The molecular weight excluding hydrogens is 278 g/mol. The SMILES string of the molecule is CCNC(Cc1ccc(Cl)s1)C(C)S(C)(=O)=O. The lowest BCUT2D eigenvalue weighted by atomic mass is 10.1. The van der Waals surface area contributed by atoms with Crippen LogP contribution < -0.4 is 5.32 Å². The normalized spacial score (nSPS) is 15.8. The standard InChI is InChI=1S/C11H18ClNO2S2/c1-4-13-10(8(2)17(3,14)15)7-9-5-6-11(12)16-9/h5-6,8,10,13H,4,7H2,1-3H3. The van der Waals surface area contributed by atoms with Crippen LogP contribution in [0.25, 0.3) is 0 Å². The van der Waals surface area contributed by atoms with Crippen LogP contribution in [0, 0.1) is 0 Å². The monoisotopic (exact) mass is 295 g/mol. The van der Waals surface area contributed by atoms with Gasteiger partial charge in [-0.3, -0.25) is 0 Å². The molecule has 1 aromatic heterocycles. The molecule has 0 radical (unpaired) electrons. The number of nitrogens with one attached hydrogen (secondary N) is 1. The van der Waals surface area contributed by atoms with Crippen LogP contribution in [0.1, 0.15) is 18.7 Å². The first kappa shape index (κ1) is 15.0. The molecule has 2 unspecified atom stereocenters. The van der Waals surface area contributed by atoms with E-state index in [1.165, 1.54) is 17.6 Å². The molecule has 0 spiro atoms. The van der Waals surface area contributed by atoms with E-state index in [0.29, 0.717) is 6.42 Å². The van der Waals surface area contributed by atoms with Gasteiger partial charge in [0.2, 0.25) is 0 Å². The summed E-state index contributed by atoms with van der Waals surface area (Å²) >= 11 is 7.37. The Kier molecular flexibility index (Phi) is 5.44. The summed E-state index contributed by atoms with van der Waals surface area (Å²) in [4.78, 5) is 1.11. The highest BCUT2D eigenvalue weighted by molar-refractivity contribution is 7.91. The summed E-state index contributed by atoms with van der Waals surface area (Å²) < 4.78 is 23.9. The van der Waals surface area contributed by atoms with Crippen molar-refractivity contribution in [2.24, 2.45) is 0 Å². The number of hydrogen-bond donors (Lipinski definition) is 1. The van der Waals surface area contributed by atoms with Gasteiger partial charge in [-0.1, -0.05) is 18.5 Å². The smallest absolute Gasteiger partial charge is 0.151 e. The summed E-state index contributed by atoms with van der Waals surface area (Å²) in [6.45, 7) is 4.48. The maximum absolute atomic E-state index is 11.6. The van der Waals surface area contributed by atoms with Gasteiger partial charge in [0.15, 0.2) is 9.84 Å². The van der Waals surface area contributed by atoms with Crippen molar-refractivity contribution < 1.29 is 8.42 Å². The number of likely N-dealkylation sites (N-methyl/N-ethyl adjacent to an activating group) is 1. The third kappa shape index (κ3) is 4.58. The van der Waals surface area contributed by atoms with Crippen molar-refractivity contribution in [3.05, 3.63) is 21.3 Å². The summed E-state index contributed by atoms with van der Waals surface area (Å²) in [6, 6.07) is 3.73. The highest BCUT2D eigenvalue weighted by Crippen LogP contribution is 2.23. The lowest BCUT2D eigenvalue weighted by Crippen LogP contribution is -2.43. The van der Waals surface area contributed by atoms with Crippen molar-refractivity contribution in [1.29, 1.82) is 0 Å². The molecule has 1 aromatic rings. The lowest BCUT2D eigenvalue weighted by Gasteiger charge is -2.22. The average molecular weight is 296 g/mol. The first-order valence-corrected chi connectivity index (χ1v) is 8.66. The van der Waals surface area contributed by atoms with E-state index >= 15 is 0 Å². The van der Waals surface area contributed by atoms with E-state index in [9.17, 15) is 8.42 Å². The number of thiophene rings is 1. The summed E-state index contributed by atoms with van der Waals surface area (Å²) in [5.74, 6) is 0. The van der Waals surface area contributed by atoms with Crippen LogP contribution in [0.4, 0.5) is 0 Å². The predicted octanol–water partition coefficient (Wildman–Crippen LogP) is 2.36. The highest BCUT2D eigenvalue weighted by atomic mass is 35.5. The first-order valence-electron chi connectivity index (χ1n) is 5.51. The average Bonchev–Trinajstić information content (AvgIpc) is 2.61. The first-order chi connectivity index (χ1) is 7.84. The Hall–Kier alpha value is -0.100. The minimum Gasteiger partial charge on any atom is -0.313 e. The molecule has 0 saturated carbocycles. The van der Waals surface area contributed by atoms with E-state index in [0.717, 1.165) is 15.8 Å². The molecule has 1 rings (SSSR count). The second-order valence-corrected chi connectivity index (χ2v) is 8.31. The van der Waals surface area contributed by atoms with E-state index in [4.69, 9.17) is 11.6 Å². The molecule has 17 heavy (non-hydrogen) atoms. The van der Waals surface area contributed by atoms with Crippen LogP contribution in [-0.4, -0.2) is 32.5 Å². The van der Waals surface area contributed by atoms with Gasteiger partial charge < -0.3 is 5.32 Å². The van der Waals surface area contributed by atoms with Crippen molar-refractivity contribution in [2.45, 2.75) is 31.6 Å². The molecule has 0 amide bonds. The zero-order valence-corrected chi connectivity index (χ0v) is 12.6. The van der Waals surface area contributed by atoms with E-state index in [2.05, 4.69) is 5.32 Å². The summed E-state index contributed by atoms with van der Waals surface area (Å²) in [5.41, 5.74) is 0. The minimum atomic E-state index is -3.03. The molecule has 3 nitrogen and oxygen atoms in total. The molecule has 6 heteroatoms. The van der Waals surface area contributed by atoms with Gasteiger partial charge in [-0.15, -0.1) is 11.3 Å². The van der Waals surface area contributed by atoms with Crippen molar-refractivity contribution in [3.8, 4) is 0 Å². The summed E-state index contributed by atoms with van der Waals surface area (Å²) in [5, 5.41) is 2.83. The number of halogens is 1. The molecule has 1 N–H and O–H groups in total. The van der Waals surface area contributed by atoms with Gasteiger partial charge in [-0.2, -0.15) is 0 Å². The number of rotatable bonds is 6. The lowest BCUT2D eigenvalue weighted by molar-refractivity contribution is 0.496. The van der Waals surface area contributed by atoms with E-state index < -0.39 is 15.1 Å². The Morgan fingerprint density at radius 1 is 1.47 bits per heavy atom. The Morgan fingerprint density at radius 3 is 2.53 bits per heavy atom. The van der Waals surface area contributed by atoms with Crippen molar-refractivity contribution in [1.82, 2.24) is 5.32 Å². The Morgan fingerprint density at radius 2 is 2.12 bits per heavy atom. The number of sulfone groups is 1. The van der Waals surface area contributed by atoms with Crippen molar-refractivity contribution in [2.75, 3.05) is 12.8 Å². The van der Waals surface area contributed by atoms with Gasteiger partial charge in [0.1, 0.15) is 0 Å². The maximum Gasteiger partial charge on any atom is 0.151 e. The number of hydrogen-bond acceptors (Lipinski definition) is 4. The molecule has 0 aliphatic heterocycles. The van der Waals surface area contributed by atoms with Crippen LogP contribution in [0.3, 0.4) is 0 Å². The van der Waals surface area contributed by atoms with Gasteiger partial charge in [0, 0.05) is 17.2 Å². The molecule has 2 atom stereocenters. The Bertz CT molecular complexity index is 456. The van der Waals surface area contributed by atoms with E-state index in [1.54, 1.807) is 6.92 Å². The third-order valence-corrected chi connectivity index (χ3v) is 5.69. The van der Waals surface area contributed by atoms with Gasteiger partial charge in [0.25, 0.3) is 0 Å². The Labute approximate surface area is 112 Å². The summed E-state index contributed by atoms with van der Waals surface area (Å²) in [6.07, 6.45) is 1.98. The molecule has 0 bridgehead atoms. The van der Waals surface area contributed by atoms with Crippen molar-refractivity contribution in [3.63, 3.8) is 0 Å². The highest BCUT2D eigenvalue weighted by Gasteiger charge is 2.25. The Balaban J connectivity index is 2.79. The zero-order chi connectivity index (χ0) is 13.1. The fraction of sp³-hybridized carbons (Fsp3) is 0.636. The van der Waals surface area contributed by atoms with E-state index in [-0.39, 0.29) is 6.04 Å².